The fraction of sp³-hybridized carbons (Fsp3) is 0.524. The lowest BCUT2D eigenvalue weighted by molar-refractivity contribution is 0.299. The van der Waals surface area contributed by atoms with Gasteiger partial charge in [0, 0.05) is 32.9 Å². The quantitative estimate of drug-likeness (QED) is 0.680. The first-order chi connectivity index (χ1) is 12.8. The van der Waals surface area contributed by atoms with E-state index in [2.05, 4.69) is 38.6 Å². The van der Waals surface area contributed by atoms with E-state index in [1.54, 1.807) is 0 Å². The Labute approximate surface area is 156 Å². The maximum Gasteiger partial charge on any atom is 0.193 e. The molecule has 1 aromatic carbocycles. The number of rotatable bonds is 4. The van der Waals surface area contributed by atoms with Crippen molar-refractivity contribution in [1.82, 2.24) is 20.0 Å². The fourth-order valence-corrected chi connectivity index (χ4v) is 4.44. The molecule has 5 heteroatoms. The molecule has 26 heavy (non-hydrogen) atoms. The molecule has 0 amide bonds. The van der Waals surface area contributed by atoms with Crippen LogP contribution in [0, 0.1) is 11.8 Å². The van der Waals surface area contributed by atoms with E-state index in [9.17, 15) is 0 Å². The number of hydrogen-bond donors (Lipinski definition) is 1. The van der Waals surface area contributed by atoms with Crippen LogP contribution in [-0.4, -0.2) is 47.3 Å². The standard InChI is InChI=1S/C21H29N5/c1-22-21(25-15-18-7-5-6-8-19(18)16-25)23-12-11-17-13-24-26(14-17)20-9-3-2-4-10-20/h2-4,9-10,13-14,18-19H,5-8,11-12,15-16H2,1H3,(H,22,23). The number of aliphatic imine (C=N–C) groups is 1. The summed E-state index contributed by atoms with van der Waals surface area (Å²) < 4.78 is 1.94. The lowest BCUT2D eigenvalue weighted by atomic mass is 9.82. The number of aromatic nitrogens is 2. The number of hydrogen-bond acceptors (Lipinski definition) is 2. The second kappa shape index (κ2) is 7.94. The Balaban J connectivity index is 1.29. The van der Waals surface area contributed by atoms with Crippen molar-refractivity contribution in [3.8, 4) is 5.69 Å². The van der Waals surface area contributed by atoms with Crippen LogP contribution in [0.25, 0.3) is 5.69 Å². The minimum atomic E-state index is 0.881. The van der Waals surface area contributed by atoms with Gasteiger partial charge < -0.3 is 10.2 Å². The van der Waals surface area contributed by atoms with Gasteiger partial charge in [-0.3, -0.25) is 4.99 Å². The van der Waals surface area contributed by atoms with E-state index in [0.29, 0.717) is 0 Å². The molecule has 2 aliphatic rings. The molecule has 0 radical (unpaired) electrons. The summed E-state index contributed by atoms with van der Waals surface area (Å²) in [6.45, 7) is 3.24. The van der Waals surface area contributed by atoms with Crippen molar-refractivity contribution < 1.29 is 0 Å². The van der Waals surface area contributed by atoms with Gasteiger partial charge >= 0.3 is 0 Å². The number of fused-ring (bicyclic) bond motifs is 1. The van der Waals surface area contributed by atoms with E-state index in [-0.39, 0.29) is 0 Å². The lowest BCUT2D eigenvalue weighted by Gasteiger charge is -2.22. The molecule has 5 nitrogen and oxygen atoms in total. The predicted octanol–water partition coefficient (Wildman–Crippen LogP) is 3.11. The largest absolute Gasteiger partial charge is 0.356 e. The maximum absolute atomic E-state index is 4.52. The summed E-state index contributed by atoms with van der Waals surface area (Å²) in [6.07, 6.45) is 10.6. The molecule has 1 saturated heterocycles. The number of likely N-dealkylation sites (tertiary alicyclic amines) is 1. The molecule has 2 atom stereocenters. The second-order valence-electron chi connectivity index (χ2n) is 7.56. The van der Waals surface area contributed by atoms with Gasteiger partial charge in [-0.1, -0.05) is 31.0 Å². The predicted molar refractivity (Wildman–Crippen MR) is 106 cm³/mol. The number of nitrogens with zero attached hydrogens (tertiary/aromatic N) is 4. The van der Waals surface area contributed by atoms with E-state index in [1.807, 2.05) is 36.1 Å². The molecule has 2 heterocycles. The summed E-state index contributed by atoms with van der Waals surface area (Å²) in [6, 6.07) is 10.2. The molecule has 138 valence electrons. The van der Waals surface area contributed by atoms with Gasteiger partial charge in [0.2, 0.25) is 0 Å². The summed E-state index contributed by atoms with van der Waals surface area (Å²) in [4.78, 5) is 6.99. The highest BCUT2D eigenvalue weighted by atomic mass is 15.3. The highest BCUT2D eigenvalue weighted by molar-refractivity contribution is 5.80. The van der Waals surface area contributed by atoms with Gasteiger partial charge in [-0.05, 0) is 48.8 Å². The Morgan fingerprint density at radius 3 is 2.58 bits per heavy atom. The van der Waals surface area contributed by atoms with Crippen LogP contribution in [0.1, 0.15) is 31.2 Å². The topological polar surface area (TPSA) is 45.5 Å². The van der Waals surface area contributed by atoms with Crippen molar-refractivity contribution in [3.63, 3.8) is 0 Å². The number of guanidine groups is 1. The van der Waals surface area contributed by atoms with Crippen LogP contribution in [0.2, 0.25) is 0 Å². The van der Waals surface area contributed by atoms with Crippen molar-refractivity contribution in [2.24, 2.45) is 16.8 Å². The molecule has 0 bridgehead atoms. The monoisotopic (exact) mass is 351 g/mol. The van der Waals surface area contributed by atoms with Crippen LogP contribution in [0.5, 0.6) is 0 Å². The molecule has 2 fully saturated rings. The van der Waals surface area contributed by atoms with Gasteiger partial charge in [-0.25, -0.2) is 4.68 Å². The Morgan fingerprint density at radius 1 is 1.15 bits per heavy atom. The molecule has 1 aliphatic heterocycles. The van der Waals surface area contributed by atoms with Crippen LogP contribution >= 0.6 is 0 Å². The number of para-hydroxylation sites is 1. The molecular weight excluding hydrogens is 322 g/mol. The Hall–Kier alpha value is -2.30. The molecule has 2 aromatic rings. The summed E-state index contributed by atoms with van der Waals surface area (Å²) in [5.74, 6) is 2.83. The normalized spacial score (nSPS) is 23.1. The third kappa shape index (κ3) is 3.76. The SMILES string of the molecule is CN=C(NCCc1cnn(-c2ccccc2)c1)N1CC2CCCCC2C1. The summed E-state index contributed by atoms with van der Waals surface area (Å²) in [7, 11) is 1.90. The molecule has 2 unspecified atom stereocenters. The first kappa shape index (κ1) is 17.1. The lowest BCUT2D eigenvalue weighted by Crippen LogP contribution is -2.41. The minimum absolute atomic E-state index is 0.881. The zero-order valence-electron chi connectivity index (χ0n) is 15.6. The van der Waals surface area contributed by atoms with Crippen LogP contribution in [0.3, 0.4) is 0 Å². The zero-order chi connectivity index (χ0) is 17.8. The minimum Gasteiger partial charge on any atom is -0.356 e. The van der Waals surface area contributed by atoms with E-state index in [4.69, 9.17) is 0 Å². The van der Waals surface area contributed by atoms with E-state index < -0.39 is 0 Å². The average molecular weight is 351 g/mol. The third-order valence-electron chi connectivity index (χ3n) is 5.84. The smallest absolute Gasteiger partial charge is 0.193 e. The van der Waals surface area contributed by atoms with Crippen LogP contribution < -0.4 is 5.32 Å². The number of benzene rings is 1. The average Bonchev–Trinajstić information content (AvgIpc) is 3.33. The molecule has 1 N–H and O–H groups in total. The first-order valence-electron chi connectivity index (χ1n) is 9.88. The van der Waals surface area contributed by atoms with E-state index in [0.717, 1.165) is 36.4 Å². The van der Waals surface area contributed by atoms with Crippen LogP contribution in [-0.2, 0) is 6.42 Å². The van der Waals surface area contributed by atoms with Crippen molar-refractivity contribution in [2.75, 3.05) is 26.7 Å². The van der Waals surface area contributed by atoms with Crippen LogP contribution in [0.15, 0.2) is 47.7 Å². The van der Waals surface area contributed by atoms with Gasteiger partial charge in [0.1, 0.15) is 0 Å². The Kier molecular flexibility index (Phi) is 5.23. The maximum atomic E-state index is 4.52. The second-order valence-corrected chi connectivity index (χ2v) is 7.56. The summed E-state index contributed by atoms with van der Waals surface area (Å²) in [5, 5.41) is 8.04. The van der Waals surface area contributed by atoms with Gasteiger partial charge in [-0.2, -0.15) is 5.10 Å². The molecule has 4 rings (SSSR count). The van der Waals surface area contributed by atoms with Gasteiger partial charge in [0.05, 0.1) is 11.9 Å². The van der Waals surface area contributed by atoms with E-state index >= 15 is 0 Å². The van der Waals surface area contributed by atoms with Crippen molar-refractivity contribution in [1.29, 1.82) is 0 Å². The van der Waals surface area contributed by atoms with Crippen molar-refractivity contribution >= 4 is 5.96 Å². The summed E-state index contributed by atoms with van der Waals surface area (Å²) in [5.41, 5.74) is 2.34. The Morgan fingerprint density at radius 2 is 1.88 bits per heavy atom. The molecule has 1 aliphatic carbocycles. The zero-order valence-corrected chi connectivity index (χ0v) is 15.6. The third-order valence-corrected chi connectivity index (χ3v) is 5.84. The van der Waals surface area contributed by atoms with Crippen molar-refractivity contribution in [2.45, 2.75) is 32.1 Å². The number of nitrogens with one attached hydrogen (secondary N) is 1. The van der Waals surface area contributed by atoms with Crippen molar-refractivity contribution in [3.05, 3.63) is 48.3 Å². The van der Waals surface area contributed by atoms with Gasteiger partial charge in [0.25, 0.3) is 0 Å². The first-order valence-corrected chi connectivity index (χ1v) is 9.88. The van der Waals surface area contributed by atoms with Crippen LogP contribution in [0.4, 0.5) is 0 Å². The highest BCUT2D eigenvalue weighted by Gasteiger charge is 2.35. The molecule has 1 aromatic heterocycles. The highest BCUT2D eigenvalue weighted by Crippen LogP contribution is 2.35. The molecule has 0 spiro atoms. The fourth-order valence-electron chi connectivity index (χ4n) is 4.44. The molecular formula is C21H29N5. The Bertz CT molecular complexity index is 722. The van der Waals surface area contributed by atoms with E-state index in [1.165, 1.54) is 44.3 Å². The molecule has 1 saturated carbocycles. The van der Waals surface area contributed by atoms with Gasteiger partial charge in [-0.15, -0.1) is 0 Å². The summed E-state index contributed by atoms with van der Waals surface area (Å²) >= 11 is 0. The van der Waals surface area contributed by atoms with Gasteiger partial charge in [0.15, 0.2) is 5.96 Å².